The summed E-state index contributed by atoms with van der Waals surface area (Å²) >= 11 is 2.32. The predicted molar refractivity (Wildman–Crippen MR) is 82.4 cm³/mol. The number of nitrogens with zero attached hydrogens (tertiary/aromatic N) is 1. The maximum atomic E-state index is 4.02. The summed E-state index contributed by atoms with van der Waals surface area (Å²) in [6, 6.07) is 9.25. The zero-order valence-electron chi connectivity index (χ0n) is 10.0. The molecule has 2 heteroatoms. The van der Waals surface area contributed by atoms with E-state index in [9.17, 15) is 0 Å². The average Bonchev–Trinajstić information content (AvgIpc) is 2.32. The standard InChI is InChI=1S/C15H18IN/c1-3-6-15-14-8-5-4-7-13(14)9-10-17(15)11-12(2)16/h3-5,7-8,15H,1-2,6,9-11H2. The Morgan fingerprint density at radius 1 is 1.47 bits per heavy atom. The Morgan fingerprint density at radius 3 is 2.94 bits per heavy atom. The molecule has 0 N–H and O–H groups in total. The zero-order valence-corrected chi connectivity index (χ0v) is 12.2. The first-order valence-electron chi connectivity index (χ1n) is 5.98. The molecule has 2 rings (SSSR count). The van der Waals surface area contributed by atoms with Crippen LogP contribution in [0.3, 0.4) is 0 Å². The van der Waals surface area contributed by atoms with Gasteiger partial charge in [0.1, 0.15) is 0 Å². The minimum atomic E-state index is 0.476. The predicted octanol–water partition coefficient (Wildman–Crippen LogP) is 4.11. The van der Waals surface area contributed by atoms with Gasteiger partial charge in [-0.3, -0.25) is 4.90 Å². The van der Waals surface area contributed by atoms with E-state index < -0.39 is 0 Å². The Bertz CT molecular complexity index is 425. The first-order chi connectivity index (χ1) is 8.22. The Kier molecular flexibility index (Phi) is 4.40. The van der Waals surface area contributed by atoms with Crippen LogP contribution < -0.4 is 0 Å². The molecule has 1 aliphatic rings. The van der Waals surface area contributed by atoms with Crippen molar-refractivity contribution in [2.45, 2.75) is 18.9 Å². The van der Waals surface area contributed by atoms with Crippen molar-refractivity contribution in [2.24, 2.45) is 0 Å². The molecule has 90 valence electrons. The van der Waals surface area contributed by atoms with Crippen LogP contribution in [0.5, 0.6) is 0 Å². The van der Waals surface area contributed by atoms with Crippen LogP contribution in [0.1, 0.15) is 23.6 Å². The van der Waals surface area contributed by atoms with Crippen LogP contribution in [-0.4, -0.2) is 18.0 Å². The normalized spacial score (nSPS) is 19.7. The lowest BCUT2D eigenvalue weighted by molar-refractivity contribution is 0.206. The quantitative estimate of drug-likeness (QED) is 0.589. The number of hydrogen-bond acceptors (Lipinski definition) is 1. The van der Waals surface area contributed by atoms with Gasteiger partial charge in [0.25, 0.3) is 0 Å². The minimum absolute atomic E-state index is 0.476. The maximum Gasteiger partial charge on any atom is 0.0389 e. The van der Waals surface area contributed by atoms with Crippen molar-refractivity contribution >= 4 is 22.6 Å². The van der Waals surface area contributed by atoms with E-state index in [1.807, 2.05) is 6.08 Å². The second-order valence-corrected chi connectivity index (χ2v) is 6.00. The topological polar surface area (TPSA) is 3.24 Å². The molecule has 0 saturated heterocycles. The molecule has 0 amide bonds. The van der Waals surface area contributed by atoms with Gasteiger partial charge in [-0.1, -0.05) is 36.9 Å². The van der Waals surface area contributed by atoms with Crippen molar-refractivity contribution < 1.29 is 0 Å². The molecule has 1 aromatic rings. The van der Waals surface area contributed by atoms with Gasteiger partial charge in [0.15, 0.2) is 0 Å². The number of hydrogen-bond donors (Lipinski definition) is 0. The fraction of sp³-hybridized carbons (Fsp3) is 0.333. The monoisotopic (exact) mass is 339 g/mol. The maximum absolute atomic E-state index is 4.02. The Hall–Kier alpha value is -0.610. The summed E-state index contributed by atoms with van der Waals surface area (Å²) < 4.78 is 1.20. The Labute approximate surface area is 117 Å². The van der Waals surface area contributed by atoms with Gasteiger partial charge in [0.2, 0.25) is 0 Å². The molecule has 1 atom stereocenters. The average molecular weight is 339 g/mol. The summed E-state index contributed by atoms with van der Waals surface area (Å²) in [5, 5.41) is 0. The van der Waals surface area contributed by atoms with Crippen molar-refractivity contribution in [3.63, 3.8) is 0 Å². The molecule has 1 unspecified atom stereocenters. The van der Waals surface area contributed by atoms with Gasteiger partial charge in [-0.15, -0.1) is 6.58 Å². The van der Waals surface area contributed by atoms with Crippen LogP contribution in [0, 0.1) is 0 Å². The molecule has 0 spiro atoms. The molecule has 0 radical (unpaired) electrons. The van der Waals surface area contributed by atoms with Crippen LogP contribution in [0.2, 0.25) is 0 Å². The summed E-state index contributed by atoms with van der Waals surface area (Å²) in [6.45, 7) is 10.0. The van der Waals surface area contributed by atoms with E-state index in [1.54, 1.807) is 0 Å². The van der Waals surface area contributed by atoms with Crippen LogP contribution in [0.25, 0.3) is 0 Å². The lowest BCUT2D eigenvalue weighted by atomic mass is 9.91. The highest BCUT2D eigenvalue weighted by molar-refractivity contribution is 14.1. The summed E-state index contributed by atoms with van der Waals surface area (Å²) in [6.07, 6.45) is 4.18. The van der Waals surface area contributed by atoms with Gasteiger partial charge in [0.05, 0.1) is 0 Å². The fourth-order valence-electron chi connectivity index (χ4n) is 2.55. The van der Waals surface area contributed by atoms with Gasteiger partial charge in [0, 0.05) is 19.1 Å². The number of benzene rings is 1. The van der Waals surface area contributed by atoms with Crippen LogP contribution in [0.15, 0.2) is 47.1 Å². The van der Waals surface area contributed by atoms with Gasteiger partial charge in [-0.05, 0) is 50.1 Å². The van der Waals surface area contributed by atoms with Crippen LogP contribution >= 0.6 is 22.6 Å². The number of fused-ring (bicyclic) bond motifs is 1. The molecule has 0 bridgehead atoms. The van der Waals surface area contributed by atoms with Gasteiger partial charge < -0.3 is 0 Å². The molecule has 0 aliphatic carbocycles. The second kappa shape index (κ2) is 5.83. The second-order valence-electron chi connectivity index (χ2n) is 4.48. The highest BCUT2D eigenvalue weighted by atomic mass is 127. The molecule has 0 aromatic heterocycles. The molecule has 1 aromatic carbocycles. The third kappa shape index (κ3) is 2.99. The highest BCUT2D eigenvalue weighted by Gasteiger charge is 2.25. The Morgan fingerprint density at radius 2 is 2.24 bits per heavy atom. The van der Waals surface area contributed by atoms with E-state index in [4.69, 9.17) is 0 Å². The summed E-state index contributed by atoms with van der Waals surface area (Å²) in [5.74, 6) is 0. The first-order valence-corrected chi connectivity index (χ1v) is 7.06. The lowest BCUT2D eigenvalue weighted by Crippen LogP contribution is -2.36. The molecular formula is C15H18IN. The third-order valence-electron chi connectivity index (χ3n) is 3.29. The molecule has 1 nitrogen and oxygen atoms in total. The number of rotatable bonds is 4. The zero-order chi connectivity index (χ0) is 12.3. The van der Waals surface area contributed by atoms with Gasteiger partial charge in [-0.2, -0.15) is 0 Å². The van der Waals surface area contributed by atoms with Crippen LogP contribution in [0.4, 0.5) is 0 Å². The first kappa shape index (κ1) is 12.8. The van der Waals surface area contributed by atoms with E-state index in [-0.39, 0.29) is 0 Å². The summed E-state index contributed by atoms with van der Waals surface area (Å²) in [4.78, 5) is 2.51. The van der Waals surface area contributed by atoms with E-state index in [0.29, 0.717) is 6.04 Å². The lowest BCUT2D eigenvalue weighted by Gasteiger charge is -2.36. The summed E-state index contributed by atoms with van der Waals surface area (Å²) in [7, 11) is 0. The fourth-order valence-corrected chi connectivity index (χ4v) is 2.99. The van der Waals surface area contributed by atoms with Crippen molar-refractivity contribution in [3.05, 3.63) is 58.2 Å². The van der Waals surface area contributed by atoms with E-state index >= 15 is 0 Å². The molecule has 1 heterocycles. The van der Waals surface area contributed by atoms with E-state index in [1.165, 1.54) is 14.7 Å². The van der Waals surface area contributed by atoms with Crippen molar-refractivity contribution in [1.29, 1.82) is 0 Å². The molecule has 17 heavy (non-hydrogen) atoms. The smallest absolute Gasteiger partial charge is 0.0389 e. The summed E-state index contributed by atoms with van der Waals surface area (Å²) in [5.41, 5.74) is 2.96. The van der Waals surface area contributed by atoms with Crippen molar-refractivity contribution in [1.82, 2.24) is 4.90 Å². The SMILES string of the molecule is C=CCC1c2ccccc2CCN1CC(=C)I. The van der Waals surface area contributed by atoms with Gasteiger partial charge in [-0.25, -0.2) is 0 Å². The van der Waals surface area contributed by atoms with Crippen molar-refractivity contribution in [3.8, 4) is 0 Å². The molecule has 0 fully saturated rings. The Balaban J connectivity index is 2.28. The highest BCUT2D eigenvalue weighted by Crippen LogP contribution is 2.33. The van der Waals surface area contributed by atoms with E-state index in [2.05, 4.69) is 64.9 Å². The number of halogens is 1. The largest absolute Gasteiger partial charge is 0.291 e. The minimum Gasteiger partial charge on any atom is -0.291 e. The molecule has 1 aliphatic heterocycles. The molecule has 0 saturated carbocycles. The van der Waals surface area contributed by atoms with Crippen LogP contribution in [-0.2, 0) is 6.42 Å². The van der Waals surface area contributed by atoms with E-state index in [0.717, 1.165) is 25.9 Å². The van der Waals surface area contributed by atoms with Gasteiger partial charge >= 0.3 is 0 Å². The van der Waals surface area contributed by atoms with Crippen molar-refractivity contribution in [2.75, 3.05) is 13.1 Å². The third-order valence-corrected chi connectivity index (χ3v) is 3.63. The molecular weight excluding hydrogens is 321 g/mol.